The summed E-state index contributed by atoms with van der Waals surface area (Å²) in [4.78, 5) is 0. The lowest BCUT2D eigenvalue weighted by Crippen LogP contribution is -2.31. The van der Waals surface area contributed by atoms with Gasteiger partial charge >= 0.3 is 7.12 Å². The molecule has 0 aliphatic rings. The SMILES string of the molecule is OB(O)c1ccn(Cc2ccc(F)c(F)c2)n1. The monoisotopic (exact) mass is 238 g/mol. The summed E-state index contributed by atoms with van der Waals surface area (Å²) in [6, 6.07) is 4.99. The number of hydrogen-bond acceptors (Lipinski definition) is 3. The number of rotatable bonds is 3. The van der Waals surface area contributed by atoms with Crippen LogP contribution in [0, 0.1) is 11.6 Å². The summed E-state index contributed by atoms with van der Waals surface area (Å²) in [5.41, 5.74) is 0.638. The topological polar surface area (TPSA) is 58.3 Å². The quantitative estimate of drug-likeness (QED) is 0.733. The van der Waals surface area contributed by atoms with E-state index in [0.29, 0.717) is 5.56 Å². The van der Waals surface area contributed by atoms with Crippen LogP contribution >= 0.6 is 0 Å². The van der Waals surface area contributed by atoms with E-state index < -0.39 is 18.8 Å². The zero-order valence-corrected chi connectivity index (χ0v) is 8.72. The predicted octanol–water partition coefficient (Wildman–Crippen LogP) is -0.111. The molecule has 0 saturated carbocycles. The van der Waals surface area contributed by atoms with E-state index in [-0.39, 0.29) is 12.1 Å². The van der Waals surface area contributed by atoms with Crippen LogP contribution < -0.4 is 5.59 Å². The molecular formula is C10H9BF2N2O2. The van der Waals surface area contributed by atoms with Gasteiger partial charge in [0, 0.05) is 6.20 Å². The highest BCUT2D eigenvalue weighted by atomic mass is 19.2. The molecule has 1 heterocycles. The van der Waals surface area contributed by atoms with Crippen molar-refractivity contribution >= 4 is 12.7 Å². The van der Waals surface area contributed by atoms with Crippen molar-refractivity contribution in [3.63, 3.8) is 0 Å². The van der Waals surface area contributed by atoms with E-state index in [1.54, 1.807) is 0 Å². The van der Waals surface area contributed by atoms with Crippen LogP contribution in [0.25, 0.3) is 0 Å². The molecule has 1 aromatic heterocycles. The summed E-state index contributed by atoms with van der Waals surface area (Å²) < 4.78 is 27.0. The average molecular weight is 238 g/mol. The van der Waals surface area contributed by atoms with Gasteiger partial charge in [0.2, 0.25) is 0 Å². The minimum Gasteiger partial charge on any atom is -0.422 e. The van der Waals surface area contributed by atoms with Crippen LogP contribution in [0.5, 0.6) is 0 Å². The maximum absolute atomic E-state index is 12.9. The van der Waals surface area contributed by atoms with Gasteiger partial charge in [0.1, 0.15) is 0 Å². The average Bonchev–Trinajstić information content (AvgIpc) is 2.72. The van der Waals surface area contributed by atoms with E-state index in [1.807, 2.05) is 0 Å². The van der Waals surface area contributed by atoms with Crippen LogP contribution in [-0.2, 0) is 6.54 Å². The summed E-state index contributed by atoms with van der Waals surface area (Å²) in [5, 5.41) is 21.6. The minimum atomic E-state index is -1.64. The van der Waals surface area contributed by atoms with Gasteiger partial charge in [0.25, 0.3) is 0 Å². The molecule has 0 aliphatic carbocycles. The van der Waals surface area contributed by atoms with Crippen molar-refractivity contribution in [1.29, 1.82) is 0 Å². The first-order valence-electron chi connectivity index (χ1n) is 4.89. The van der Waals surface area contributed by atoms with Crippen molar-refractivity contribution in [2.45, 2.75) is 6.54 Å². The summed E-state index contributed by atoms with van der Waals surface area (Å²) in [5.74, 6) is -1.82. The van der Waals surface area contributed by atoms with E-state index >= 15 is 0 Å². The molecule has 0 atom stereocenters. The lowest BCUT2D eigenvalue weighted by atomic mass is 9.87. The fourth-order valence-electron chi connectivity index (χ4n) is 1.43. The van der Waals surface area contributed by atoms with Crippen molar-refractivity contribution in [2.75, 3.05) is 0 Å². The first-order chi connectivity index (χ1) is 8.06. The number of aromatic nitrogens is 2. The first-order valence-corrected chi connectivity index (χ1v) is 4.89. The van der Waals surface area contributed by atoms with Crippen LogP contribution in [0.2, 0.25) is 0 Å². The Labute approximate surface area is 96.3 Å². The number of benzene rings is 1. The zero-order valence-electron chi connectivity index (χ0n) is 8.72. The van der Waals surface area contributed by atoms with Crippen molar-refractivity contribution in [3.05, 3.63) is 47.7 Å². The van der Waals surface area contributed by atoms with E-state index in [1.165, 1.54) is 23.0 Å². The van der Waals surface area contributed by atoms with Gasteiger partial charge in [-0.3, -0.25) is 4.68 Å². The van der Waals surface area contributed by atoms with E-state index in [9.17, 15) is 8.78 Å². The molecule has 0 aliphatic heterocycles. The first kappa shape index (κ1) is 11.8. The molecule has 2 N–H and O–H groups in total. The van der Waals surface area contributed by atoms with Gasteiger partial charge in [-0.05, 0) is 23.8 Å². The Bertz CT molecular complexity index is 531. The largest absolute Gasteiger partial charge is 0.510 e. The molecule has 0 saturated heterocycles. The van der Waals surface area contributed by atoms with Crippen molar-refractivity contribution in [1.82, 2.24) is 9.78 Å². The summed E-state index contributed by atoms with van der Waals surface area (Å²) in [6.07, 6.45) is 1.52. The summed E-state index contributed by atoms with van der Waals surface area (Å²) in [6.45, 7) is 0.226. The second-order valence-electron chi connectivity index (χ2n) is 3.56. The van der Waals surface area contributed by atoms with Crippen LogP contribution in [0.4, 0.5) is 8.78 Å². The fraction of sp³-hybridized carbons (Fsp3) is 0.100. The molecule has 0 amide bonds. The predicted molar refractivity (Wildman–Crippen MR) is 57.5 cm³/mol. The second-order valence-corrected chi connectivity index (χ2v) is 3.56. The Morgan fingerprint density at radius 1 is 1.18 bits per heavy atom. The fourth-order valence-corrected chi connectivity index (χ4v) is 1.43. The molecule has 0 fully saturated rings. The standard InChI is InChI=1S/C10H9BF2N2O2/c12-8-2-1-7(5-9(8)13)6-15-4-3-10(14-15)11(16)17/h1-5,16-17H,6H2. The smallest absolute Gasteiger partial charge is 0.422 e. The molecule has 7 heteroatoms. The molecule has 2 rings (SSSR count). The lowest BCUT2D eigenvalue weighted by molar-refractivity contribution is 0.423. The number of hydrogen-bond donors (Lipinski definition) is 2. The molecular weight excluding hydrogens is 229 g/mol. The van der Waals surface area contributed by atoms with Gasteiger partial charge in [-0.15, -0.1) is 0 Å². The second kappa shape index (κ2) is 4.64. The molecule has 4 nitrogen and oxygen atoms in total. The van der Waals surface area contributed by atoms with Crippen molar-refractivity contribution in [3.8, 4) is 0 Å². The van der Waals surface area contributed by atoms with E-state index in [0.717, 1.165) is 12.1 Å². The van der Waals surface area contributed by atoms with Crippen LogP contribution in [0.3, 0.4) is 0 Å². The van der Waals surface area contributed by atoms with Crippen LogP contribution in [0.1, 0.15) is 5.56 Å². The number of nitrogens with zero attached hydrogens (tertiary/aromatic N) is 2. The Morgan fingerprint density at radius 3 is 2.53 bits per heavy atom. The lowest BCUT2D eigenvalue weighted by Gasteiger charge is -2.02. The van der Waals surface area contributed by atoms with Gasteiger partial charge in [-0.25, -0.2) is 8.78 Å². The zero-order chi connectivity index (χ0) is 12.4. The number of halogens is 2. The Morgan fingerprint density at radius 2 is 1.94 bits per heavy atom. The Hall–Kier alpha value is -1.73. The van der Waals surface area contributed by atoms with E-state index in [2.05, 4.69) is 5.10 Å². The highest BCUT2D eigenvalue weighted by molar-refractivity contribution is 6.57. The highest BCUT2D eigenvalue weighted by Gasteiger charge is 2.14. The highest BCUT2D eigenvalue weighted by Crippen LogP contribution is 2.09. The van der Waals surface area contributed by atoms with Crippen LogP contribution in [-0.4, -0.2) is 26.9 Å². The van der Waals surface area contributed by atoms with Gasteiger partial charge in [0.15, 0.2) is 11.6 Å². The Balaban J connectivity index is 2.16. The Kier molecular flexibility index (Phi) is 3.21. The third kappa shape index (κ3) is 2.69. The van der Waals surface area contributed by atoms with Crippen LogP contribution in [0.15, 0.2) is 30.5 Å². The van der Waals surface area contributed by atoms with Gasteiger partial charge in [-0.1, -0.05) is 6.07 Å². The van der Waals surface area contributed by atoms with Crippen molar-refractivity contribution in [2.24, 2.45) is 0 Å². The van der Waals surface area contributed by atoms with E-state index in [4.69, 9.17) is 10.0 Å². The molecule has 2 aromatic rings. The summed E-state index contributed by atoms with van der Waals surface area (Å²) >= 11 is 0. The third-order valence-electron chi connectivity index (χ3n) is 2.25. The maximum atomic E-state index is 12.9. The maximum Gasteiger partial charge on any atom is 0.510 e. The van der Waals surface area contributed by atoms with Crippen molar-refractivity contribution < 1.29 is 18.8 Å². The molecule has 0 unspecified atom stereocenters. The summed E-state index contributed by atoms with van der Waals surface area (Å²) in [7, 11) is -1.64. The molecule has 0 radical (unpaired) electrons. The minimum absolute atomic E-state index is 0.104. The molecule has 0 spiro atoms. The molecule has 17 heavy (non-hydrogen) atoms. The van der Waals surface area contributed by atoms with Gasteiger partial charge in [0.05, 0.1) is 12.1 Å². The molecule has 0 bridgehead atoms. The van der Waals surface area contributed by atoms with Gasteiger partial charge < -0.3 is 10.0 Å². The molecule has 1 aromatic carbocycles. The third-order valence-corrected chi connectivity index (χ3v) is 2.25. The molecule has 88 valence electrons. The van der Waals surface area contributed by atoms with Gasteiger partial charge in [-0.2, -0.15) is 5.10 Å². The normalized spacial score (nSPS) is 10.6.